The molecule has 2 heteroatoms. The van der Waals surface area contributed by atoms with Crippen LogP contribution in [0, 0.1) is 4.91 Å². The maximum absolute atomic E-state index is 11.4. The van der Waals surface area contributed by atoms with Gasteiger partial charge in [0.25, 0.3) is 0 Å². The molecule has 0 bridgehead atoms. The van der Waals surface area contributed by atoms with Crippen LogP contribution in [-0.4, -0.2) is 0 Å². The van der Waals surface area contributed by atoms with Crippen molar-refractivity contribution in [3.05, 3.63) is 83.8 Å². The highest BCUT2D eigenvalue weighted by molar-refractivity contribution is 6.29. The third kappa shape index (κ3) is 1.71. The van der Waals surface area contributed by atoms with Gasteiger partial charge in [0, 0.05) is 5.39 Å². The third-order valence-corrected chi connectivity index (χ3v) is 4.80. The fraction of sp³-hybridized carbons (Fsp3) is 0. The summed E-state index contributed by atoms with van der Waals surface area (Å²) in [6.45, 7) is 0. The molecule has 0 radical (unpaired) electrons. The zero-order valence-electron chi connectivity index (χ0n) is 12.9. The van der Waals surface area contributed by atoms with Crippen LogP contribution in [0.5, 0.6) is 0 Å². The Morgan fingerprint density at radius 3 is 1.79 bits per heavy atom. The normalized spacial score (nSPS) is 11.5. The summed E-state index contributed by atoms with van der Waals surface area (Å²) in [6, 6.07) is 26.8. The molecule has 112 valence electrons. The minimum atomic E-state index is 0.499. The van der Waals surface area contributed by atoms with Gasteiger partial charge in [0.2, 0.25) is 0 Å². The summed E-state index contributed by atoms with van der Waals surface area (Å²) in [5.74, 6) is 0. The first kappa shape index (κ1) is 13.2. The standard InChI is InChI=1S/C22H13NO/c24-23-21-11-5-10-18-20-13-15-7-2-1-6-14(15)12-19(20)16-8-3-4-9-17(16)22(18)21/h1-13H. The summed E-state index contributed by atoms with van der Waals surface area (Å²) in [6.07, 6.45) is 0. The topological polar surface area (TPSA) is 29.4 Å². The van der Waals surface area contributed by atoms with Crippen LogP contribution in [0.4, 0.5) is 5.69 Å². The van der Waals surface area contributed by atoms with E-state index in [9.17, 15) is 4.91 Å². The smallest absolute Gasteiger partial charge is 0.116 e. The molecule has 0 spiro atoms. The van der Waals surface area contributed by atoms with E-state index in [0.717, 1.165) is 26.9 Å². The second kappa shape index (κ2) is 4.87. The molecule has 5 aromatic carbocycles. The molecule has 0 saturated heterocycles. The highest BCUT2D eigenvalue weighted by Crippen LogP contribution is 2.40. The molecule has 0 aliphatic carbocycles. The van der Waals surface area contributed by atoms with Crippen molar-refractivity contribution in [3.63, 3.8) is 0 Å². The Balaban J connectivity index is 2.17. The Kier molecular flexibility index (Phi) is 2.68. The van der Waals surface area contributed by atoms with Crippen molar-refractivity contribution in [2.24, 2.45) is 5.18 Å². The first-order valence-electron chi connectivity index (χ1n) is 7.96. The van der Waals surface area contributed by atoms with Crippen LogP contribution < -0.4 is 0 Å². The van der Waals surface area contributed by atoms with Crippen LogP contribution in [0.2, 0.25) is 0 Å². The molecule has 0 aliphatic heterocycles. The second-order valence-corrected chi connectivity index (χ2v) is 6.08. The molecule has 0 unspecified atom stereocenters. The molecule has 5 rings (SSSR count). The van der Waals surface area contributed by atoms with E-state index < -0.39 is 0 Å². The molecule has 0 heterocycles. The van der Waals surface area contributed by atoms with Gasteiger partial charge in [-0.2, -0.15) is 0 Å². The van der Waals surface area contributed by atoms with Gasteiger partial charge in [-0.15, -0.1) is 4.91 Å². The van der Waals surface area contributed by atoms with Gasteiger partial charge < -0.3 is 0 Å². The van der Waals surface area contributed by atoms with Crippen molar-refractivity contribution >= 4 is 48.8 Å². The van der Waals surface area contributed by atoms with E-state index in [4.69, 9.17) is 0 Å². The van der Waals surface area contributed by atoms with Crippen molar-refractivity contribution in [1.29, 1.82) is 0 Å². The summed E-state index contributed by atoms with van der Waals surface area (Å²) >= 11 is 0. The van der Waals surface area contributed by atoms with Crippen molar-refractivity contribution in [1.82, 2.24) is 0 Å². The number of nitrogens with zero attached hydrogens (tertiary/aromatic N) is 1. The monoisotopic (exact) mass is 307 g/mol. The van der Waals surface area contributed by atoms with E-state index in [1.54, 1.807) is 6.07 Å². The summed E-state index contributed by atoms with van der Waals surface area (Å²) in [5, 5.41) is 12.3. The second-order valence-electron chi connectivity index (χ2n) is 6.08. The maximum Gasteiger partial charge on any atom is 0.116 e. The Bertz CT molecular complexity index is 1270. The molecule has 0 aromatic heterocycles. The number of hydrogen-bond acceptors (Lipinski definition) is 2. The minimum Gasteiger partial charge on any atom is -0.145 e. The number of benzene rings is 5. The fourth-order valence-electron chi connectivity index (χ4n) is 3.75. The average molecular weight is 307 g/mol. The highest BCUT2D eigenvalue weighted by Gasteiger charge is 2.12. The van der Waals surface area contributed by atoms with E-state index in [2.05, 4.69) is 59.8 Å². The largest absolute Gasteiger partial charge is 0.145 e. The van der Waals surface area contributed by atoms with E-state index in [-0.39, 0.29) is 0 Å². The molecule has 0 N–H and O–H groups in total. The van der Waals surface area contributed by atoms with Gasteiger partial charge in [0.15, 0.2) is 0 Å². The zero-order chi connectivity index (χ0) is 16.1. The van der Waals surface area contributed by atoms with Gasteiger partial charge in [0.1, 0.15) is 5.69 Å². The Morgan fingerprint density at radius 2 is 1.08 bits per heavy atom. The first-order valence-corrected chi connectivity index (χ1v) is 7.96. The molecule has 5 aromatic rings. The Labute approximate surface area is 138 Å². The summed E-state index contributed by atoms with van der Waals surface area (Å²) < 4.78 is 0. The predicted octanol–water partition coefficient (Wildman–Crippen LogP) is 6.70. The van der Waals surface area contributed by atoms with Gasteiger partial charge in [-0.25, -0.2) is 0 Å². The number of nitroso groups, excluding NO2 is 1. The first-order chi connectivity index (χ1) is 11.9. The van der Waals surface area contributed by atoms with Gasteiger partial charge in [0.05, 0.1) is 0 Å². The molecule has 2 nitrogen and oxygen atoms in total. The highest BCUT2D eigenvalue weighted by atomic mass is 16.3. The lowest BCUT2D eigenvalue weighted by Gasteiger charge is -2.12. The van der Waals surface area contributed by atoms with Crippen LogP contribution in [0.25, 0.3) is 43.1 Å². The van der Waals surface area contributed by atoms with Crippen LogP contribution >= 0.6 is 0 Å². The molecular weight excluding hydrogens is 294 g/mol. The molecule has 24 heavy (non-hydrogen) atoms. The van der Waals surface area contributed by atoms with Crippen LogP contribution in [-0.2, 0) is 0 Å². The lowest BCUT2D eigenvalue weighted by molar-refractivity contribution is 1.55. The number of rotatable bonds is 1. The molecule has 0 amide bonds. The van der Waals surface area contributed by atoms with Gasteiger partial charge in [-0.05, 0) is 61.1 Å². The fourth-order valence-corrected chi connectivity index (χ4v) is 3.75. The maximum atomic E-state index is 11.4. The van der Waals surface area contributed by atoms with Gasteiger partial charge in [-0.3, -0.25) is 0 Å². The SMILES string of the molecule is O=Nc1cccc2c3cc4ccccc4cc3c3ccccc3c12. The van der Waals surface area contributed by atoms with E-state index in [1.165, 1.54) is 16.2 Å². The molecular formula is C22H13NO. The van der Waals surface area contributed by atoms with Crippen LogP contribution in [0.1, 0.15) is 0 Å². The van der Waals surface area contributed by atoms with Crippen LogP contribution in [0.3, 0.4) is 0 Å². The molecule has 0 aliphatic rings. The Hall–Kier alpha value is -3.26. The quantitative estimate of drug-likeness (QED) is 0.192. The van der Waals surface area contributed by atoms with Gasteiger partial charge in [-0.1, -0.05) is 60.7 Å². The molecule has 0 saturated carbocycles. The lowest BCUT2D eigenvalue weighted by Crippen LogP contribution is -1.84. The van der Waals surface area contributed by atoms with E-state index in [1.807, 2.05) is 18.2 Å². The number of hydrogen-bond donors (Lipinski definition) is 0. The van der Waals surface area contributed by atoms with Crippen molar-refractivity contribution in [3.8, 4) is 0 Å². The summed E-state index contributed by atoms with van der Waals surface area (Å²) in [5.41, 5.74) is 0.499. The summed E-state index contributed by atoms with van der Waals surface area (Å²) in [7, 11) is 0. The van der Waals surface area contributed by atoms with Gasteiger partial charge >= 0.3 is 0 Å². The average Bonchev–Trinajstić information content (AvgIpc) is 2.66. The predicted molar refractivity (Wildman–Crippen MR) is 102 cm³/mol. The van der Waals surface area contributed by atoms with E-state index >= 15 is 0 Å². The van der Waals surface area contributed by atoms with Crippen molar-refractivity contribution < 1.29 is 0 Å². The lowest BCUT2D eigenvalue weighted by atomic mass is 9.92. The third-order valence-electron chi connectivity index (χ3n) is 4.80. The Morgan fingerprint density at radius 1 is 0.542 bits per heavy atom. The zero-order valence-corrected chi connectivity index (χ0v) is 12.9. The summed E-state index contributed by atoms with van der Waals surface area (Å²) in [4.78, 5) is 11.4. The van der Waals surface area contributed by atoms with Crippen molar-refractivity contribution in [2.75, 3.05) is 0 Å². The van der Waals surface area contributed by atoms with E-state index in [0.29, 0.717) is 5.69 Å². The number of fused-ring (bicyclic) bond motifs is 7. The van der Waals surface area contributed by atoms with Crippen LogP contribution in [0.15, 0.2) is 84.0 Å². The molecule has 0 fully saturated rings. The minimum absolute atomic E-state index is 0.499. The van der Waals surface area contributed by atoms with Crippen molar-refractivity contribution in [2.45, 2.75) is 0 Å². The molecule has 0 atom stereocenters.